The van der Waals surface area contributed by atoms with Crippen LogP contribution in [-0.2, 0) is 9.53 Å². The maximum Gasteiger partial charge on any atom is 0.196 e. The van der Waals surface area contributed by atoms with Gasteiger partial charge in [0.05, 0.1) is 12.2 Å². The van der Waals surface area contributed by atoms with Crippen LogP contribution in [0, 0.1) is 0 Å². The Labute approximate surface area is 102 Å². The Balaban J connectivity index is 2.65. The summed E-state index contributed by atoms with van der Waals surface area (Å²) in [5, 5.41) is 0. The Bertz CT molecular complexity index is 381. The van der Waals surface area contributed by atoms with E-state index in [1.165, 1.54) is 13.1 Å². The number of hydrogen-bond donors (Lipinski definition) is 1. The molecule has 1 aliphatic heterocycles. The van der Waals surface area contributed by atoms with Gasteiger partial charge in [-0.2, -0.15) is 0 Å². The third-order valence-corrected chi connectivity index (χ3v) is 2.56. The molecule has 4 heteroatoms. The number of allylic oxidation sites excluding steroid dienone is 2. The lowest BCUT2D eigenvalue weighted by Gasteiger charge is -2.08. The summed E-state index contributed by atoms with van der Waals surface area (Å²) in [7, 11) is 0. The Morgan fingerprint density at radius 3 is 2.71 bits per heavy atom. The molecule has 94 valence electrons. The van der Waals surface area contributed by atoms with Crippen LogP contribution < -0.4 is 5.73 Å². The van der Waals surface area contributed by atoms with Crippen molar-refractivity contribution >= 4 is 5.78 Å². The molecule has 4 nitrogen and oxygen atoms in total. The van der Waals surface area contributed by atoms with E-state index in [9.17, 15) is 4.79 Å². The molecule has 1 rings (SSSR count). The third kappa shape index (κ3) is 3.66. The molecular formula is C13H20N2O2. The van der Waals surface area contributed by atoms with Crippen LogP contribution in [0.5, 0.6) is 0 Å². The fourth-order valence-corrected chi connectivity index (χ4v) is 1.57. The summed E-state index contributed by atoms with van der Waals surface area (Å²) in [6.07, 6.45) is 5.25. The van der Waals surface area contributed by atoms with Crippen molar-refractivity contribution in [1.82, 2.24) is 4.90 Å². The first-order chi connectivity index (χ1) is 8.13. The van der Waals surface area contributed by atoms with Crippen molar-refractivity contribution in [2.75, 3.05) is 19.7 Å². The topological polar surface area (TPSA) is 55.3 Å². The van der Waals surface area contributed by atoms with E-state index in [1.807, 2.05) is 19.1 Å². The smallest absolute Gasteiger partial charge is 0.196 e. The Morgan fingerprint density at radius 1 is 1.59 bits per heavy atom. The van der Waals surface area contributed by atoms with E-state index in [-0.39, 0.29) is 5.78 Å². The molecule has 0 aromatic carbocycles. The number of likely N-dealkylation sites (N-methyl/N-ethyl adjacent to an activating group) is 1. The Morgan fingerprint density at radius 2 is 2.29 bits per heavy atom. The number of Topliss-reactive ketones (excluding diaryl/α,β-unsaturated/α-hetero) is 1. The zero-order chi connectivity index (χ0) is 12.8. The van der Waals surface area contributed by atoms with Crippen molar-refractivity contribution < 1.29 is 9.53 Å². The maximum atomic E-state index is 11.5. The number of nitrogens with two attached hydrogens (primary N) is 1. The molecule has 0 aliphatic carbocycles. The van der Waals surface area contributed by atoms with Crippen LogP contribution in [0.2, 0.25) is 0 Å². The predicted octanol–water partition coefficient (Wildman–Crippen LogP) is 1.56. The molecule has 0 amide bonds. The van der Waals surface area contributed by atoms with Gasteiger partial charge >= 0.3 is 0 Å². The molecule has 0 bridgehead atoms. The fraction of sp³-hybridized carbons (Fsp3) is 0.462. The van der Waals surface area contributed by atoms with Crippen LogP contribution in [0.1, 0.15) is 20.8 Å². The normalized spacial score (nSPS) is 18.5. The van der Waals surface area contributed by atoms with Crippen molar-refractivity contribution in [1.29, 1.82) is 0 Å². The first-order valence-electron chi connectivity index (χ1n) is 5.79. The molecule has 1 fully saturated rings. The summed E-state index contributed by atoms with van der Waals surface area (Å²) in [5.41, 5.74) is 7.32. The van der Waals surface area contributed by atoms with Gasteiger partial charge in [-0.05, 0) is 13.8 Å². The molecular weight excluding hydrogens is 216 g/mol. The molecule has 0 atom stereocenters. The highest BCUT2D eigenvalue weighted by molar-refractivity contribution is 5.92. The lowest BCUT2D eigenvalue weighted by Crippen LogP contribution is -2.07. The molecule has 0 aromatic rings. The predicted molar refractivity (Wildman–Crippen MR) is 68.0 cm³/mol. The number of hydrogen-bond acceptors (Lipinski definition) is 4. The first-order valence-corrected chi connectivity index (χ1v) is 5.79. The van der Waals surface area contributed by atoms with Gasteiger partial charge in [0.1, 0.15) is 6.61 Å². The SMILES string of the molecule is C/C=C\C(=C/N)CO/C(C(C)=O)=C1/CN1CC. The number of ether oxygens (including phenoxy) is 1. The van der Waals surface area contributed by atoms with Crippen molar-refractivity contribution in [3.63, 3.8) is 0 Å². The molecule has 0 saturated carbocycles. The van der Waals surface area contributed by atoms with Gasteiger partial charge in [-0.15, -0.1) is 0 Å². The van der Waals surface area contributed by atoms with Gasteiger partial charge in [-0.3, -0.25) is 4.79 Å². The average molecular weight is 236 g/mol. The van der Waals surface area contributed by atoms with Gasteiger partial charge in [0.2, 0.25) is 0 Å². The average Bonchev–Trinajstić information content (AvgIpc) is 3.07. The minimum atomic E-state index is -0.0344. The van der Waals surface area contributed by atoms with Crippen LogP contribution in [0.25, 0.3) is 0 Å². The van der Waals surface area contributed by atoms with Crippen molar-refractivity contribution in [2.24, 2.45) is 5.73 Å². The number of carbonyl (C=O) groups is 1. The van der Waals surface area contributed by atoms with Crippen molar-refractivity contribution in [3.05, 3.63) is 35.4 Å². The van der Waals surface area contributed by atoms with E-state index >= 15 is 0 Å². The summed E-state index contributed by atoms with van der Waals surface area (Å²) in [4.78, 5) is 13.6. The molecule has 0 unspecified atom stereocenters. The van der Waals surface area contributed by atoms with Crippen LogP contribution >= 0.6 is 0 Å². The van der Waals surface area contributed by atoms with Gasteiger partial charge < -0.3 is 15.4 Å². The molecule has 0 spiro atoms. The molecule has 1 saturated heterocycles. The van der Waals surface area contributed by atoms with Crippen LogP contribution in [-0.4, -0.2) is 30.4 Å². The quantitative estimate of drug-likeness (QED) is 0.329. The zero-order valence-electron chi connectivity index (χ0n) is 10.7. The number of nitrogens with zero attached hydrogens (tertiary/aromatic N) is 1. The second-order valence-electron chi connectivity index (χ2n) is 3.88. The number of rotatable bonds is 6. The van der Waals surface area contributed by atoms with Gasteiger partial charge in [0, 0.05) is 25.2 Å². The Kier molecular flexibility index (Phi) is 4.82. The van der Waals surface area contributed by atoms with Gasteiger partial charge in [-0.1, -0.05) is 12.2 Å². The highest BCUT2D eigenvalue weighted by atomic mass is 16.5. The number of ketones is 1. The molecule has 17 heavy (non-hydrogen) atoms. The molecule has 0 aromatic heterocycles. The summed E-state index contributed by atoms with van der Waals surface area (Å²) in [6, 6.07) is 0. The van der Waals surface area contributed by atoms with E-state index in [1.54, 1.807) is 0 Å². The zero-order valence-corrected chi connectivity index (χ0v) is 10.7. The third-order valence-electron chi connectivity index (χ3n) is 2.56. The van der Waals surface area contributed by atoms with E-state index in [0.717, 1.165) is 24.4 Å². The van der Waals surface area contributed by atoms with Crippen LogP contribution in [0.15, 0.2) is 35.4 Å². The minimum Gasteiger partial charge on any atom is -0.483 e. The van der Waals surface area contributed by atoms with Crippen molar-refractivity contribution in [3.8, 4) is 0 Å². The first kappa shape index (κ1) is 13.4. The van der Waals surface area contributed by atoms with E-state index in [0.29, 0.717) is 12.4 Å². The van der Waals surface area contributed by atoms with Crippen molar-refractivity contribution in [2.45, 2.75) is 20.8 Å². The highest BCUT2D eigenvalue weighted by Gasteiger charge is 2.30. The largest absolute Gasteiger partial charge is 0.483 e. The minimum absolute atomic E-state index is 0.0344. The second kappa shape index (κ2) is 6.13. The van der Waals surface area contributed by atoms with E-state index in [4.69, 9.17) is 10.5 Å². The summed E-state index contributed by atoms with van der Waals surface area (Å²) < 4.78 is 5.55. The lowest BCUT2D eigenvalue weighted by molar-refractivity contribution is -0.116. The second-order valence-corrected chi connectivity index (χ2v) is 3.88. The van der Waals surface area contributed by atoms with Gasteiger partial charge in [0.25, 0.3) is 0 Å². The summed E-state index contributed by atoms with van der Waals surface area (Å²) in [6.45, 7) is 7.55. The van der Waals surface area contributed by atoms with Crippen LogP contribution in [0.4, 0.5) is 0 Å². The highest BCUT2D eigenvalue weighted by Crippen LogP contribution is 2.26. The maximum absolute atomic E-state index is 11.5. The number of carbonyl (C=O) groups excluding carboxylic acids is 1. The van der Waals surface area contributed by atoms with Gasteiger partial charge in [-0.25, -0.2) is 0 Å². The van der Waals surface area contributed by atoms with Gasteiger partial charge in [0.15, 0.2) is 11.5 Å². The monoisotopic (exact) mass is 236 g/mol. The molecule has 0 radical (unpaired) electrons. The van der Waals surface area contributed by atoms with E-state index < -0.39 is 0 Å². The Hall–Kier alpha value is -1.71. The summed E-state index contributed by atoms with van der Waals surface area (Å²) in [5.74, 6) is 0.434. The fourth-order valence-electron chi connectivity index (χ4n) is 1.57. The summed E-state index contributed by atoms with van der Waals surface area (Å²) >= 11 is 0. The standard InChI is InChI=1S/C13H20N2O2/c1-4-6-11(7-14)9-17-13(10(3)16)12-8-15(12)5-2/h4,6-7H,5,8-9,14H2,1-3H3/b6-4-,11-7+,13-12-. The lowest BCUT2D eigenvalue weighted by atomic mass is 10.2. The molecule has 1 aliphatic rings. The van der Waals surface area contributed by atoms with Crippen LogP contribution in [0.3, 0.4) is 0 Å². The molecule has 2 N–H and O–H groups in total. The van der Waals surface area contributed by atoms with E-state index in [2.05, 4.69) is 11.8 Å². The molecule has 1 heterocycles.